The minimum atomic E-state index is -0.461. The van der Waals surface area contributed by atoms with Crippen LogP contribution < -0.4 is 5.32 Å². The molecule has 0 fully saturated rings. The summed E-state index contributed by atoms with van der Waals surface area (Å²) in [5.74, 6) is -0.891. The van der Waals surface area contributed by atoms with E-state index in [0.717, 1.165) is 15.6 Å². The molecular formula is C17H15BrClNO3. The lowest BCUT2D eigenvalue weighted by Gasteiger charge is -2.08. The standard InChI is InChI=1S/C17H15BrClNO3/c1-11-2-7-15(14(19)8-11)20-16(21)10-23-17(22)9-12-3-5-13(18)6-4-12/h2-8H,9-10H2,1H3,(H,20,21). The van der Waals surface area contributed by atoms with Gasteiger partial charge < -0.3 is 10.1 Å². The lowest BCUT2D eigenvalue weighted by molar-refractivity contribution is -0.146. The molecule has 120 valence electrons. The third-order valence-electron chi connectivity index (χ3n) is 3.02. The van der Waals surface area contributed by atoms with E-state index in [2.05, 4.69) is 21.2 Å². The number of halogens is 2. The maximum atomic E-state index is 11.8. The quantitative estimate of drug-likeness (QED) is 0.773. The van der Waals surface area contributed by atoms with Crippen molar-refractivity contribution in [3.05, 3.63) is 63.1 Å². The van der Waals surface area contributed by atoms with Crippen molar-refractivity contribution in [3.63, 3.8) is 0 Å². The fourth-order valence-electron chi connectivity index (χ4n) is 1.87. The molecule has 0 saturated heterocycles. The average molecular weight is 397 g/mol. The Hall–Kier alpha value is -1.85. The van der Waals surface area contributed by atoms with Crippen molar-refractivity contribution in [1.82, 2.24) is 0 Å². The molecule has 1 N–H and O–H groups in total. The Labute approximate surface area is 147 Å². The zero-order chi connectivity index (χ0) is 16.8. The lowest BCUT2D eigenvalue weighted by atomic mass is 10.2. The molecule has 0 radical (unpaired) electrons. The lowest BCUT2D eigenvalue weighted by Crippen LogP contribution is -2.21. The first-order valence-corrected chi connectivity index (χ1v) is 8.07. The largest absolute Gasteiger partial charge is 0.455 e. The van der Waals surface area contributed by atoms with E-state index in [0.29, 0.717) is 10.7 Å². The predicted molar refractivity (Wildman–Crippen MR) is 93.6 cm³/mol. The molecule has 2 aromatic rings. The highest BCUT2D eigenvalue weighted by Crippen LogP contribution is 2.22. The van der Waals surface area contributed by atoms with Crippen molar-refractivity contribution < 1.29 is 14.3 Å². The van der Waals surface area contributed by atoms with Crippen LogP contribution in [0.4, 0.5) is 5.69 Å². The first-order chi connectivity index (χ1) is 10.9. The molecule has 0 heterocycles. The minimum absolute atomic E-state index is 0.117. The Morgan fingerprint density at radius 3 is 2.52 bits per heavy atom. The Balaban J connectivity index is 1.81. The second-order valence-corrected chi connectivity index (χ2v) is 6.32. The zero-order valence-corrected chi connectivity index (χ0v) is 14.8. The van der Waals surface area contributed by atoms with Crippen molar-refractivity contribution in [1.29, 1.82) is 0 Å². The molecule has 1 amide bonds. The van der Waals surface area contributed by atoms with E-state index < -0.39 is 11.9 Å². The highest BCUT2D eigenvalue weighted by Gasteiger charge is 2.10. The number of nitrogens with one attached hydrogen (secondary N) is 1. The van der Waals surface area contributed by atoms with Crippen molar-refractivity contribution in [2.45, 2.75) is 13.3 Å². The molecule has 0 unspecified atom stereocenters. The number of benzene rings is 2. The summed E-state index contributed by atoms with van der Waals surface area (Å²) in [5, 5.41) is 3.05. The van der Waals surface area contributed by atoms with Gasteiger partial charge in [0, 0.05) is 4.47 Å². The summed E-state index contributed by atoms with van der Waals surface area (Å²) in [7, 11) is 0. The minimum Gasteiger partial charge on any atom is -0.455 e. The van der Waals surface area contributed by atoms with E-state index in [9.17, 15) is 9.59 Å². The van der Waals surface area contributed by atoms with Crippen LogP contribution in [0.3, 0.4) is 0 Å². The summed E-state index contributed by atoms with van der Waals surface area (Å²) in [6.45, 7) is 1.56. The van der Waals surface area contributed by atoms with E-state index in [-0.39, 0.29) is 13.0 Å². The summed E-state index contributed by atoms with van der Waals surface area (Å²) < 4.78 is 5.90. The Bertz CT molecular complexity index is 716. The van der Waals surface area contributed by atoms with E-state index in [4.69, 9.17) is 16.3 Å². The fourth-order valence-corrected chi connectivity index (χ4v) is 2.42. The van der Waals surface area contributed by atoms with Crippen LogP contribution in [0.5, 0.6) is 0 Å². The first kappa shape index (κ1) is 17.5. The zero-order valence-electron chi connectivity index (χ0n) is 12.4. The van der Waals surface area contributed by atoms with Gasteiger partial charge in [-0.25, -0.2) is 0 Å². The van der Waals surface area contributed by atoms with E-state index in [1.165, 1.54) is 0 Å². The van der Waals surface area contributed by atoms with Gasteiger partial charge in [-0.15, -0.1) is 0 Å². The van der Waals surface area contributed by atoms with Crippen LogP contribution in [0.25, 0.3) is 0 Å². The molecule has 0 atom stereocenters. The summed E-state index contributed by atoms with van der Waals surface area (Å²) in [4.78, 5) is 23.5. The highest BCUT2D eigenvalue weighted by molar-refractivity contribution is 9.10. The number of aryl methyl sites for hydroxylation is 1. The second kappa shape index (κ2) is 8.13. The number of carbonyl (C=O) groups excluding carboxylic acids is 2. The van der Waals surface area contributed by atoms with Gasteiger partial charge in [-0.1, -0.05) is 45.7 Å². The van der Waals surface area contributed by atoms with Crippen molar-refractivity contribution in [2.24, 2.45) is 0 Å². The normalized spacial score (nSPS) is 10.2. The second-order valence-electron chi connectivity index (χ2n) is 5.00. The third kappa shape index (κ3) is 5.69. The summed E-state index contributed by atoms with van der Waals surface area (Å²) >= 11 is 9.35. The number of ether oxygens (including phenoxy) is 1. The van der Waals surface area contributed by atoms with Crippen LogP contribution in [-0.4, -0.2) is 18.5 Å². The Morgan fingerprint density at radius 1 is 1.17 bits per heavy atom. The van der Waals surface area contributed by atoms with Gasteiger partial charge in [0.2, 0.25) is 0 Å². The molecule has 6 heteroatoms. The maximum Gasteiger partial charge on any atom is 0.310 e. The maximum absolute atomic E-state index is 11.8. The van der Waals surface area contributed by atoms with Gasteiger partial charge in [0.25, 0.3) is 5.91 Å². The molecule has 0 saturated carbocycles. The van der Waals surface area contributed by atoms with Crippen molar-refractivity contribution in [3.8, 4) is 0 Å². The van der Waals surface area contributed by atoms with Gasteiger partial charge in [0.15, 0.2) is 6.61 Å². The van der Waals surface area contributed by atoms with E-state index in [1.54, 1.807) is 12.1 Å². The molecule has 0 spiro atoms. The van der Waals surface area contributed by atoms with Gasteiger partial charge >= 0.3 is 5.97 Å². The molecular weight excluding hydrogens is 382 g/mol. The molecule has 4 nitrogen and oxygen atoms in total. The van der Waals surface area contributed by atoms with Gasteiger partial charge in [0.1, 0.15) is 0 Å². The predicted octanol–water partition coefficient (Wildman–Crippen LogP) is 4.14. The number of hydrogen-bond donors (Lipinski definition) is 1. The van der Waals surface area contributed by atoms with Crippen LogP contribution in [0.1, 0.15) is 11.1 Å². The molecule has 0 aliphatic rings. The average Bonchev–Trinajstić information content (AvgIpc) is 2.50. The van der Waals surface area contributed by atoms with E-state index >= 15 is 0 Å². The topological polar surface area (TPSA) is 55.4 Å². The molecule has 23 heavy (non-hydrogen) atoms. The van der Waals surface area contributed by atoms with Crippen LogP contribution in [0.2, 0.25) is 5.02 Å². The number of hydrogen-bond acceptors (Lipinski definition) is 3. The van der Waals surface area contributed by atoms with Gasteiger partial charge in [-0.05, 0) is 42.3 Å². The number of amides is 1. The summed E-state index contributed by atoms with van der Waals surface area (Å²) in [6.07, 6.45) is 0.117. The van der Waals surface area contributed by atoms with Crippen LogP contribution >= 0.6 is 27.5 Å². The molecule has 0 aliphatic heterocycles. The highest BCUT2D eigenvalue weighted by atomic mass is 79.9. The first-order valence-electron chi connectivity index (χ1n) is 6.90. The third-order valence-corrected chi connectivity index (χ3v) is 3.87. The number of anilines is 1. The molecule has 2 rings (SSSR count). The summed E-state index contributed by atoms with van der Waals surface area (Å²) in [5.41, 5.74) is 2.31. The van der Waals surface area contributed by atoms with Crippen molar-refractivity contribution in [2.75, 3.05) is 11.9 Å². The Kier molecular flexibility index (Phi) is 6.19. The number of carbonyl (C=O) groups is 2. The van der Waals surface area contributed by atoms with Crippen LogP contribution in [0.15, 0.2) is 46.9 Å². The number of esters is 1. The Morgan fingerprint density at radius 2 is 1.87 bits per heavy atom. The monoisotopic (exact) mass is 395 g/mol. The fraction of sp³-hybridized carbons (Fsp3) is 0.176. The van der Waals surface area contributed by atoms with Crippen LogP contribution in [-0.2, 0) is 20.7 Å². The number of rotatable bonds is 5. The molecule has 0 bridgehead atoms. The van der Waals surface area contributed by atoms with Gasteiger partial charge in [-0.3, -0.25) is 9.59 Å². The SMILES string of the molecule is Cc1ccc(NC(=O)COC(=O)Cc2ccc(Br)cc2)c(Cl)c1. The molecule has 0 aliphatic carbocycles. The van der Waals surface area contributed by atoms with Crippen LogP contribution in [0, 0.1) is 6.92 Å². The van der Waals surface area contributed by atoms with Gasteiger partial charge in [-0.2, -0.15) is 0 Å². The van der Waals surface area contributed by atoms with E-state index in [1.807, 2.05) is 37.3 Å². The molecule has 0 aromatic heterocycles. The molecule has 2 aromatic carbocycles. The summed E-state index contributed by atoms with van der Waals surface area (Å²) in [6, 6.07) is 12.6. The van der Waals surface area contributed by atoms with Gasteiger partial charge in [0.05, 0.1) is 17.1 Å². The smallest absolute Gasteiger partial charge is 0.310 e. The van der Waals surface area contributed by atoms with Crippen molar-refractivity contribution >= 4 is 45.1 Å².